The van der Waals surface area contributed by atoms with Crippen LogP contribution in [-0.4, -0.2) is 5.97 Å². The Labute approximate surface area is 123 Å². The Morgan fingerprint density at radius 2 is 1.70 bits per heavy atom. The molecule has 0 radical (unpaired) electrons. The monoisotopic (exact) mass is 276 g/mol. The summed E-state index contributed by atoms with van der Waals surface area (Å²) in [6.45, 7) is 6.69. The van der Waals surface area contributed by atoms with Crippen molar-refractivity contribution in [2.75, 3.05) is 0 Å². The van der Waals surface area contributed by atoms with Crippen LogP contribution in [0.1, 0.15) is 59.3 Å². The predicted molar refractivity (Wildman–Crippen MR) is 83.8 cm³/mol. The Morgan fingerprint density at radius 1 is 1.05 bits per heavy atom. The van der Waals surface area contributed by atoms with Gasteiger partial charge in [0.2, 0.25) is 0 Å². The summed E-state index contributed by atoms with van der Waals surface area (Å²) < 4.78 is 5.31. The van der Waals surface area contributed by atoms with E-state index in [1.165, 1.54) is 25.7 Å². The zero-order chi connectivity index (χ0) is 14.8. The van der Waals surface area contributed by atoms with Gasteiger partial charge >= 0.3 is 5.97 Å². The molecule has 0 spiro atoms. The third-order valence-electron chi connectivity index (χ3n) is 3.67. The molecule has 2 heteroatoms. The molecular formula is C18H28O2. The molecule has 0 saturated heterocycles. The first-order valence-corrected chi connectivity index (χ1v) is 7.87. The van der Waals surface area contributed by atoms with Gasteiger partial charge in [-0.25, -0.2) is 0 Å². The molecule has 0 aliphatic heterocycles. The Morgan fingerprint density at radius 3 is 2.35 bits per heavy atom. The van der Waals surface area contributed by atoms with Crippen molar-refractivity contribution in [3.63, 3.8) is 0 Å². The Hall–Kier alpha value is -1.31. The lowest BCUT2D eigenvalue weighted by molar-refractivity contribution is -0.135. The summed E-state index contributed by atoms with van der Waals surface area (Å²) in [4.78, 5) is 11.8. The highest BCUT2D eigenvalue weighted by Crippen LogP contribution is 2.19. The molecule has 112 valence electrons. The van der Waals surface area contributed by atoms with E-state index in [4.69, 9.17) is 4.74 Å². The van der Waals surface area contributed by atoms with Crippen molar-refractivity contribution >= 4 is 5.97 Å². The SMILES string of the molecule is CCCC(C)CCCC(C)CC(=O)Oc1ccccc1. The summed E-state index contributed by atoms with van der Waals surface area (Å²) >= 11 is 0. The minimum absolute atomic E-state index is 0.120. The molecule has 2 unspecified atom stereocenters. The second-order valence-electron chi connectivity index (χ2n) is 5.92. The molecule has 0 amide bonds. The minimum atomic E-state index is -0.120. The van der Waals surface area contributed by atoms with Gasteiger partial charge in [0.15, 0.2) is 0 Å². The molecule has 0 bridgehead atoms. The number of esters is 1. The average molecular weight is 276 g/mol. The lowest BCUT2D eigenvalue weighted by atomic mass is 9.94. The number of carbonyl (C=O) groups is 1. The Balaban J connectivity index is 2.18. The van der Waals surface area contributed by atoms with E-state index < -0.39 is 0 Å². The van der Waals surface area contributed by atoms with Crippen molar-refractivity contribution in [3.05, 3.63) is 30.3 Å². The fraction of sp³-hybridized carbons (Fsp3) is 0.611. The molecule has 0 aliphatic carbocycles. The first kappa shape index (κ1) is 16.7. The Kier molecular flexibility index (Phi) is 8.01. The standard InChI is InChI=1S/C18H28O2/c1-4-9-15(2)10-8-11-16(3)14-18(19)20-17-12-6-5-7-13-17/h5-7,12-13,15-16H,4,8-11,14H2,1-3H3. The summed E-state index contributed by atoms with van der Waals surface area (Å²) in [5.74, 6) is 1.73. The lowest BCUT2D eigenvalue weighted by Crippen LogP contribution is -2.12. The van der Waals surface area contributed by atoms with Crippen LogP contribution in [0.5, 0.6) is 5.75 Å². The van der Waals surface area contributed by atoms with Gasteiger partial charge in [-0.1, -0.05) is 71.1 Å². The van der Waals surface area contributed by atoms with E-state index in [2.05, 4.69) is 20.8 Å². The van der Waals surface area contributed by atoms with Crippen LogP contribution in [0, 0.1) is 11.8 Å². The number of hydrogen-bond donors (Lipinski definition) is 0. The lowest BCUT2D eigenvalue weighted by Gasteiger charge is -2.13. The van der Waals surface area contributed by atoms with E-state index in [1.54, 1.807) is 0 Å². The molecule has 2 nitrogen and oxygen atoms in total. The van der Waals surface area contributed by atoms with Gasteiger partial charge < -0.3 is 4.74 Å². The van der Waals surface area contributed by atoms with Gasteiger partial charge in [0.1, 0.15) is 5.75 Å². The summed E-state index contributed by atoms with van der Waals surface area (Å²) in [6, 6.07) is 9.30. The van der Waals surface area contributed by atoms with Crippen molar-refractivity contribution < 1.29 is 9.53 Å². The van der Waals surface area contributed by atoms with Crippen LogP contribution >= 0.6 is 0 Å². The van der Waals surface area contributed by atoms with Crippen molar-refractivity contribution in [1.29, 1.82) is 0 Å². The van der Waals surface area contributed by atoms with Crippen molar-refractivity contribution in [1.82, 2.24) is 0 Å². The summed E-state index contributed by atoms with van der Waals surface area (Å²) in [7, 11) is 0. The van der Waals surface area contributed by atoms with E-state index in [0.29, 0.717) is 18.1 Å². The van der Waals surface area contributed by atoms with Crippen LogP contribution < -0.4 is 4.74 Å². The minimum Gasteiger partial charge on any atom is -0.427 e. The van der Waals surface area contributed by atoms with Gasteiger partial charge in [-0.15, -0.1) is 0 Å². The molecule has 0 saturated carbocycles. The first-order valence-electron chi connectivity index (χ1n) is 7.87. The van der Waals surface area contributed by atoms with E-state index in [-0.39, 0.29) is 5.97 Å². The van der Waals surface area contributed by atoms with Crippen LogP contribution in [0.15, 0.2) is 30.3 Å². The fourth-order valence-electron chi connectivity index (χ4n) is 2.50. The first-order chi connectivity index (χ1) is 9.61. The number of ether oxygens (including phenoxy) is 1. The third-order valence-corrected chi connectivity index (χ3v) is 3.67. The summed E-state index contributed by atoms with van der Waals surface area (Å²) in [5, 5.41) is 0. The van der Waals surface area contributed by atoms with Crippen LogP contribution in [0.25, 0.3) is 0 Å². The van der Waals surface area contributed by atoms with Gasteiger partial charge in [0.05, 0.1) is 0 Å². The molecule has 20 heavy (non-hydrogen) atoms. The Bertz CT molecular complexity index is 372. The summed E-state index contributed by atoms with van der Waals surface area (Å²) in [6.07, 6.45) is 6.67. The zero-order valence-corrected chi connectivity index (χ0v) is 13.1. The number of carbonyl (C=O) groups excluding carboxylic acids is 1. The molecular weight excluding hydrogens is 248 g/mol. The van der Waals surface area contributed by atoms with Gasteiger partial charge in [0, 0.05) is 6.42 Å². The maximum atomic E-state index is 11.8. The number of rotatable bonds is 9. The third kappa shape index (κ3) is 7.32. The number of para-hydroxylation sites is 1. The van der Waals surface area contributed by atoms with Crippen LogP contribution in [0.4, 0.5) is 0 Å². The quantitative estimate of drug-likeness (QED) is 0.456. The maximum absolute atomic E-state index is 11.8. The van der Waals surface area contributed by atoms with Gasteiger partial charge in [-0.2, -0.15) is 0 Å². The number of benzene rings is 1. The van der Waals surface area contributed by atoms with Gasteiger partial charge in [0.25, 0.3) is 0 Å². The molecule has 0 N–H and O–H groups in total. The maximum Gasteiger partial charge on any atom is 0.311 e. The van der Waals surface area contributed by atoms with Gasteiger partial charge in [-0.05, 0) is 24.0 Å². The topological polar surface area (TPSA) is 26.3 Å². The molecule has 2 atom stereocenters. The van der Waals surface area contributed by atoms with Crippen LogP contribution in [0.2, 0.25) is 0 Å². The van der Waals surface area contributed by atoms with Crippen molar-refractivity contribution in [3.8, 4) is 5.75 Å². The van der Waals surface area contributed by atoms with E-state index in [1.807, 2.05) is 30.3 Å². The predicted octanol–water partition coefficient (Wildman–Crippen LogP) is 5.22. The molecule has 0 fully saturated rings. The zero-order valence-electron chi connectivity index (χ0n) is 13.1. The van der Waals surface area contributed by atoms with Crippen molar-refractivity contribution in [2.24, 2.45) is 11.8 Å². The molecule has 1 aromatic rings. The molecule has 0 aliphatic rings. The van der Waals surface area contributed by atoms with E-state index in [0.717, 1.165) is 12.3 Å². The molecule has 1 aromatic carbocycles. The smallest absolute Gasteiger partial charge is 0.311 e. The van der Waals surface area contributed by atoms with Crippen LogP contribution in [-0.2, 0) is 4.79 Å². The largest absolute Gasteiger partial charge is 0.427 e. The molecule has 1 rings (SSSR count). The molecule has 0 aromatic heterocycles. The van der Waals surface area contributed by atoms with E-state index in [9.17, 15) is 4.79 Å². The second kappa shape index (κ2) is 9.57. The van der Waals surface area contributed by atoms with Gasteiger partial charge in [-0.3, -0.25) is 4.79 Å². The summed E-state index contributed by atoms with van der Waals surface area (Å²) in [5.41, 5.74) is 0. The van der Waals surface area contributed by atoms with E-state index >= 15 is 0 Å². The average Bonchev–Trinajstić information content (AvgIpc) is 2.39. The normalized spacial score (nSPS) is 13.8. The second-order valence-corrected chi connectivity index (χ2v) is 5.92. The highest BCUT2D eigenvalue weighted by Gasteiger charge is 2.11. The highest BCUT2D eigenvalue weighted by molar-refractivity contribution is 5.72. The molecule has 0 heterocycles. The van der Waals surface area contributed by atoms with Crippen molar-refractivity contribution in [2.45, 2.75) is 59.3 Å². The highest BCUT2D eigenvalue weighted by atomic mass is 16.5. The fourth-order valence-corrected chi connectivity index (χ4v) is 2.50. The van der Waals surface area contributed by atoms with Crippen LogP contribution in [0.3, 0.4) is 0 Å². The number of hydrogen-bond acceptors (Lipinski definition) is 2.